The van der Waals surface area contributed by atoms with Gasteiger partial charge in [0.25, 0.3) is 5.69 Å². The molecular weight excluding hydrogens is 394 g/mol. The van der Waals surface area contributed by atoms with Crippen molar-refractivity contribution in [3.8, 4) is 5.75 Å². The van der Waals surface area contributed by atoms with E-state index < -0.39 is 43.0 Å². The minimum Gasteiger partial charge on any atom is -0.426 e. The highest BCUT2D eigenvalue weighted by molar-refractivity contribution is 7.90. The molecule has 8 nitrogen and oxygen atoms in total. The first-order chi connectivity index (χ1) is 12.5. The highest BCUT2D eigenvalue weighted by atomic mass is 32.2. The van der Waals surface area contributed by atoms with E-state index in [0.717, 1.165) is 35.6 Å². The van der Waals surface area contributed by atoms with Crippen LogP contribution < -0.4 is 4.74 Å². The predicted octanol–water partition coefficient (Wildman–Crippen LogP) is 2.33. The first-order valence-corrected chi connectivity index (χ1v) is 10.8. The number of sulfone groups is 1. The molecular formula is C17H17NO7S2. The molecule has 0 unspecified atom stereocenters. The van der Waals surface area contributed by atoms with Crippen LogP contribution in [0.15, 0.2) is 46.2 Å². The van der Waals surface area contributed by atoms with Crippen molar-refractivity contribution in [3.05, 3.63) is 57.6 Å². The van der Waals surface area contributed by atoms with E-state index in [9.17, 15) is 27.5 Å². The van der Waals surface area contributed by atoms with Gasteiger partial charge < -0.3 is 4.74 Å². The molecule has 0 saturated carbocycles. The summed E-state index contributed by atoms with van der Waals surface area (Å²) in [5.41, 5.74) is 1.13. The Labute approximate surface area is 158 Å². The smallest absolute Gasteiger partial charge is 0.324 e. The lowest BCUT2D eigenvalue weighted by Crippen LogP contribution is -2.18. The fourth-order valence-electron chi connectivity index (χ4n) is 2.40. The van der Waals surface area contributed by atoms with Crippen LogP contribution >= 0.6 is 0 Å². The molecule has 1 atom stereocenters. The second kappa shape index (κ2) is 7.97. The second-order valence-electron chi connectivity index (χ2n) is 5.95. The van der Waals surface area contributed by atoms with Crippen LogP contribution in [0.2, 0.25) is 0 Å². The summed E-state index contributed by atoms with van der Waals surface area (Å²) in [7, 11) is -5.74. The first-order valence-electron chi connectivity index (χ1n) is 7.63. The number of nitro benzene ring substituents is 1. The van der Waals surface area contributed by atoms with Crippen LogP contribution in [0.5, 0.6) is 5.75 Å². The number of carbonyl (C=O) groups excluding carboxylic acids is 1. The third kappa shape index (κ3) is 5.44. The molecule has 0 N–H and O–H groups in total. The second-order valence-corrected chi connectivity index (χ2v) is 9.38. The van der Waals surface area contributed by atoms with Crippen molar-refractivity contribution < 1.29 is 27.1 Å². The van der Waals surface area contributed by atoms with Gasteiger partial charge in [-0.1, -0.05) is 6.07 Å². The Morgan fingerprint density at radius 3 is 2.26 bits per heavy atom. The lowest BCUT2D eigenvalue weighted by Gasteiger charge is -2.08. The van der Waals surface area contributed by atoms with Gasteiger partial charge in [-0.05, 0) is 49.2 Å². The van der Waals surface area contributed by atoms with Crippen molar-refractivity contribution in [2.75, 3.05) is 12.0 Å². The maximum atomic E-state index is 12.4. The fraction of sp³-hybridized carbons (Fsp3) is 0.235. The standard InChI is InChI=1S/C17H17NO7S2/c1-11-6-12(2)8-13(7-11)25-17(19)10-26(22)16-5-4-14(27(3,23)24)9-15(16)18(20)21/h4-9H,10H2,1-3H3/t26-/m1/s1. The van der Waals surface area contributed by atoms with E-state index in [-0.39, 0.29) is 15.5 Å². The highest BCUT2D eigenvalue weighted by Crippen LogP contribution is 2.26. The summed E-state index contributed by atoms with van der Waals surface area (Å²) in [5, 5.41) is 11.2. The molecule has 2 aromatic carbocycles. The molecule has 2 rings (SSSR count). The quantitative estimate of drug-likeness (QED) is 0.309. The third-order valence-corrected chi connectivity index (χ3v) is 5.92. The molecule has 0 fully saturated rings. The Morgan fingerprint density at radius 2 is 1.74 bits per heavy atom. The van der Waals surface area contributed by atoms with Gasteiger partial charge in [0.1, 0.15) is 16.4 Å². The monoisotopic (exact) mass is 411 g/mol. The number of aryl methyl sites for hydroxylation is 2. The molecule has 0 aliphatic heterocycles. The maximum absolute atomic E-state index is 12.4. The molecule has 0 radical (unpaired) electrons. The third-order valence-electron chi connectivity index (χ3n) is 3.48. The fourth-order valence-corrected chi connectivity index (χ4v) is 4.06. The number of hydrogen-bond donors (Lipinski definition) is 0. The first kappa shape index (κ1) is 20.7. The van der Waals surface area contributed by atoms with Gasteiger partial charge in [0.05, 0.1) is 20.6 Å². The number of hydrogen-bond acceptors (Lipinski definition) is 7. The highest BCUT2D eigenvalue weighted by Gasteiger charge is 2.24. The number of rotatable bonds is 6. The van der Waals surface area contributed by atoms with Gasteiger partial charge in [0, 0.05) is 12.3 Å². The van der Waals surface area contributed by atoms with Gasteiger partial charge in [-0.15, -0.1) is 0 Å². The molecule has 0 aliphatic carbocycles. The average Bonchev–Trinajstić information content (AvgIpc) is 2.52. The molecule has 0 spiro atoms. The lowest BCUT2D eigenvalue weighted by atomic mass is 10.1. The average molecular weight is 411 g/mol. The molecule has 2 aromatic rings. The largest absolute Gasteiger partial charge is 0.426 e. The molecule has 0 saturated heterocycles. The van der Waals surface area contributed by atoms with Crippen LogP contribution in [-0.2, 0) is 25.4 Å². The number of esters is 1. The van der Waals surface area contributed by atoms with E-state index in [0.29, 0.717) is 0 Å². The lowest BCUT2D eigenvalue weighted by molar-refractivity contribution is -0.388. The Kier molecular flexibility index (Phi) is 6.11. The van der Waals surface area contributed by atoms with Crippen molar-refractivity contribution >= 4 is 32.3 Å². The number of nitro groups is 1. The molecule has 27 heavy (non-hydrogen) atoms. The topological polar surface area (TPSA) is 121 Å². The number of ether oxygens (including phenoxy) is 1. The molecule has 0 bridgehead atoms. The van der Waals surface area contributed by atoms with Gasteiger partial charge in [0.2, 0.25) is 0 Å². The van der Waals surface area contributed by atoms with Gasteiger partial charge in [-0.25, -0.2) is 8.42 Å². The van der Waals surface area contributed by atoms with Crippen molar-refractivity contribution in [2.45, 2.75) is 23.6 Å². The van der Waals surface area contributed by atoms with E-state index in [1.807, 2.05) is 19.9 Å². The molecule has 144 valence electrons. The zero-order valence-corrected chi connectivity index (χ0v) is 16.4. The van der Waals surface area contributed by atoms with E-state index in [1.165, 1.54) is 0 Å². The van der Waals surface area contributed by atoms with Gasteiger partial charge >= 0.3 is 5.97 Å². The van der Waals surface area contributed by atoms with Crippen molar-refractivity contribution in [1.29, 1.82) is 0 Å². The van der Waals surface area contributed by atoms with E-state index in [1.54, 1.807) is 12.1 Å². The number of carbonyl (C=O) groups is 1. The predicted molar refractivity (Wildman–Crippen MR) is 99.0 cm³/mol. The van der Waals surface area contributed by atoms with Gasteiger partial charge in [-0.2, -0.15) is 0 Å². The van der Waals surface area contributed by atoms with E-state index >= 15 is 0 Å². The van der Waals surface area contributed by atoms with Crippen LogP contribution in [0, 0.1) is 24.0 Å². The van der Waals surface area contributed by atoms with Crippen molar-refractivity contribution in [2.24, 2.45) is 0 Å². The van der Waals surface area contributed by atoms with Crippen LogP contribution in [-0.4, -0.2) is 35.5 Å². The summed E-state index contributed by atoms with van der Waals surface area (Å²) in [6.45, 7) is 3.66. The molecule has 0 aromatic heterocycles. The van der Waals surface area contributed by atoms with Crippen LogP contribution in [0.3, 0.4) is 0 Å². The normalized spacial score (nSPS) is 12.4. The summed E-state index contributed by atoms with van der Waals surface area (Å²) >= 11 is 0. The molecule has 0 aliphatic rings. The van der Waals surface area contributed by atoms with Crippen LogP contribution in [0.25, 0.3) is 0 Å². The van der Waals surface area contributed by atoms with Crippen molar-refractivity contribution in [1.82, 2.24) is 0 Å². The zero-order chi connectivity index (χ0) is 20.4. The Hall–Kier alpha value is -2.59. The summed E-state index contributed by atoms with van der Waals surface area (Å²) < 4.78 is 40.7. The Morgan fingerprint density at radius 1 is 1.15 bits per heavy atom. The van der Waals surface area contributed by atoms with Crippen LogP contribution in [0.1, 0.15) is 11.1 Å². The summed E-state index contributed by atoms with van der Waals surface area (Å²) in [5.74, 6) is -1.14. The summed E-state index contributed by atoms with van der Waals surface area (Å²) in [6.07, 6.45) is 0.907. The van der Waals surface area contributed by atoms with Crippen LogP contribution in [0.4, 0.5) is 5.69 Å². The van der Waals surface area contributed by atoms with Gasteiger partial charge in [-0.3, -0.25) is 19.1 Å². The number of nitrogens with zero attached hydrogens (tertiary/aromatic N) is 1. The molecule has 0 amide bonds. The summed E-state index contributed by atoms with van der Waals surface area (Å²) in [4.78, 5) is 21.9. The minimum absolute atomic E-state index is 0.246. The summed E-state index contributed by atoms with van der Waals surface area (Å²) in [6, 6.07) is 8.19. The number of benzene rings is 2. The van der Waals surface area contributed by atoms with Gasteiger partial charge in [0.15, 0.2) is 9.84 Å². The zero-order valence-electron chi connectivity index (χ0n) is 14.8. The molecule has 0 heterocycles. The van der Waals surface area contributed by atoms with Crippen molar-refractivity contribution in [3.63, 3.8) is 0 Å². The Balaban J connectivity index is 2.24. The Bertz CT molecular complexity index is 1020. The minimum atomic E-state index is -3.67. The molecule has 10 heteroatoms. The van der Waals surface area contributed by atoms with E-state index in [2.05, 4.69) is 0 Å². The SMILES string of the molecule is Cc1cc(C)cc(OC(=O)C[S@@](=O)c2ccc(S(C)(=O)=O)cc2[N+](=O)[O-])c1. The van der Waals surface area contributed by atoms with E-state index in [4.69, 9.17) is 4.74 Å². The maximum Gasteiger partial charge on any atom is 0.324 e.